The number of aromatic nitrogens is 1. The lowest BCUT2D eigenvalue weighted by Gasteiger charge is -2.11. The average molecular weight is 611 g/mol. The first-order valence-electron chi connectivity index (χ1n) is 11.0. The highest BCUT2D eigenvalue weighted by molar-refractivity contribution is 9.11. The first kappa shape index (κ1) is 25.5. The van der Waals surface area contributed by atoms with E-state index in [0.29, 0.717) is 37.9 Å². The van der Waals surface area contributed by atoms with Gasteiger partial charge >= 0.3 is 5.97 Å². The minimum absolute atomic E-state index is 0.257. The molecule has 0 aliphatic carbocycles. The highest BCUT2D eigenvalue weighted by atomic mass is 79.9. The van der Waals surface area contributed by atoms with E-state index in [1.54, 1.807) is 25.1 Å². The maximum Gasteiger partial charge on any atom is 0.344 e. The normalized spacial score (nSPS) is 11.0. The van der Waals surface area contributed by atoms with Crippen LogP contribution in [-0.4, -0.2) is 36.3 Å². The molecule has 0 aliphatic rings. The molecule has 9 heteroatoms. The Morgan fingerprint density at radius 2 is 1.78 bits per heavy atom. The maximum absolute atomic E-state index is 13.2. The molecule has 1 N–H and O–H groups in total. The topological polar surface area (TPSA) is 89.9 Å². The molecule has 0 unspecified atom stereocenters. The van der Waals surface area contributed by atoms with Gasteiger partial charge in [-0.1, -0.05) is 64.5 Å². The van der Waals surface area contributed by atoms with E-state index >= 15 is 0 Å². The van der Waals surface area contributed by atoms with Gasteiger partial charge in [-0.15, -0.1) is 0 Å². The third kappa shape index (κ3) is 6.16. The van der Waals surface area contributed by atoms with Crippen molar-refractivity contribution < 1.29 is 19.1 Å². The standard InChI is InChI=1S/C27H21Br2N3O4/c1-2-35-25(33)16-36-26-18(12-19(28)13-22(26)29)15-30-32-27(34)21-14-24(17-8-4-3-5-9-17)31-23-11-7-6-10-20(21)23/h3-15H,2,16H2,1H3,(H,32,34)/b30-15-. The number of carbonyl (C=O) groups is 2. The zero-order chi connectivity index (χ0) is 25.5. The van der Waals surface area contributed by atoms with E-state index < -0.39 is 5.97 Å². The first-order valence-corrected chi connectivity index (χ1v) is 12.6. The fraction of sp³-hybridized carbons (Fsp3) is 0.111. The Balaban J connectivity index is 1.60. The number of nitrogens with one attached hydrogen (secondary N) is 1. The summed E-state index contributed by atoms with van der Waals surface area (Å²) in [6.07, 6.45) is 1.45. The molecule has 4 rings (SSSR count). The van der Waals surface area contributed by atoms with Gasteiger partial charge in [-0.05, 0) is 47.1 Å². The summed E-state index contributed by atoms with van der Waals surface area (Å²) in [4.78, 5) is 29.6. The molecule has 1 amide bonds. The Morgan fingerprint density at radius 3 is 2.56 bits per heavy atom. The Morgan fingerprint density at radius 1 is 1.03 bits per heavy atom. The van der Waals surface area contributed by atoms with Gasteiger partial charge in [0.15, 0.2) is 6.61 Å². The van der Waals surface area contributed by atoms with Gasteiger partial charge in [-0.25, -0.2) is 15.2 Å². The van der Waals surface area contributed by atoms with Crippen molar-refractivity contribution in [3.8, 4) is 17.0 Å². The summed E-state index contributed by atoms with van der Waals surface area (Å²) in [5, 5.41) is 4.87. The lowest BCUT2D eigenvalue weighted by Crippen LogP contribution is -2.19. The van der Waals surface area contributed by atoms with E-state index in [1.807, 2.05) is 54.6 Å². The summed E-state index contributed by atoms with van der Waals surface area (Å²) in [6.45, 7) is 1.73. The molecule has 3 aromatic carbocycles. The van der Waals surface area contributed by atoms with Crippen molar-refractivity contribution in [2.45, 2.75) is 6.92 Å². The highest BCUT2D eigenvalue weighted by Gasteiger charge is 2.15. The molecule has 182 valence electrons. The molecule has 4 aromatic rings. The Bertz CT molecular complexity index is 1440. The largest absolute Gasteiger partial charge is 0.480 e. The van der Waals surface area contributed by atoms with Gasteiger partial charge in [-0.2, -0.15) is 5.10 Å². The molecule has 1 heterocycles. The van der Waals surface area contributed by atoms with Crippen LogP contribution in [-0.2, 0) is 9.53 Å². The van der Waals surface area contributed by atoms with Crippen molar-refractivity contribution in [2.24, 2.45) is 5.10 Å². The molecule has 0 saturated carbocycles. The summed E-state index contributed by atoms with van der Waals surface area (Å²) in [6, 6.07) is 22.4. The second-order valence-electron chi connectivity index (χ2n) is 7.54. The molecule has 0 atom stereocenters. The number of rotatable bonds is 8. The lowest BCUT2D eigenvalue weighted by atomic mass is 10.0. The third-order valence-electron chi connectivity index (χ3n) is 5.08. The second-order valence-corrected chi connectivity index (χ2v) is 9.31. The lowest BCUT2D eigenvalue weighted by molar-refractivity contribution is -0.145. The number of nitrogens with zero attached hydrogens (tertiary/aromatic N) is 2. The summed E-state index contributed by atoms with van der Waals surface area (Å²) in [7, 11) is 0. The molecule has 0 spiro atoms. The van der Waals surface area contributed by atoms with Crippen LogP contribution in [0, 0.1) is 0 Å². The number of hydrogen-bond donors (Lipinski definition) is 1. The van der Waals surface area contributed by atoms with Crippen molar-refractivity contribution in [3.63, 3.8) is 0 Å². The van der Waals surface area contributed by atoms with E-state index in [9.17, 15) is 9.59 Å². The Kier molecular flexibility index (Phi) is 8.45. The van der Waals surface area contributed by atoms with Crippen LogP contribution in [0.2, 0.25) is 0 Å². The quantitative estimate of drug-likeness (QED) is 0.147. The second kappa shape index (κ2) is 11.9. The molecule has 0 bridgehead atoms. The molecule has 0 radical (unpaired) electrons. The van der Waals surface area contributed by atoms with Gasteiger partial charge in [0.2, 0.25) is 0 Å². The molecular formula is C27H21Br2N3O4. The SMILES string of the molecule is CCOC(=O)COc1c(Br)cc(Br)cc1/C=N\NC(=O)c1cc(-c2ccccc2)nc2ccccc12. The smallest absolute Gasteiger partial charge is 0.344 e. The maximum atomic E-state index is 13.2. The van der Waals surface area contributed by atoms with E-state index in [0.717, 1.165) is 10.0 Å². The van der Waals surface area contributed by atoms with Crippen LogP contribution in [0.15, 0.2) is 86.8 Å². The van der Waals surface area contributed by atoms with E-state index in [1.165, 1.54) is 6.21 Å². The molecule has 7 nitrogen and oxygen atoms in total. The zero-order valence-electron chi connectivity index (χ0n) is 19.2. The highest BCUT2D eigenvalue weighted by Crippen LogP contribution is 2.32. The summed E-state index contributed by atoms with van der Waals surface area (Å²) >= 11 is 6.87. The first-order chi connectivity index (χ1) is 17.5. The fourth-order valence-corrected chi connectivity index (χ4v) is 4.88. The predicted molar refractivity (Wildman–Crippen MR) is 146 cm³/mol. The average Bonchev–Trinajstić information content (AvgIpc) is 2.88. The van der Waals surface area contributed by atoms with Crippen LogP contribution >= 0.6 is 31.9 Å². The number of amides is 1. The van der Waals surface area contributed by atoms with Crippen LogP contribution in [0.5, 0.6) is 5.75 Å². The number of hydrogen-bond acceptors (Lipinski definition) is 6. The number of esters is 1. The van der Waals surface area contributed by atoms with Gasteiger partial charge in [-0.3, -0.25) is 4.79 Å². The summed E-state index contributed by atoms with van der Waals surface area (Å²) in [5.41, 5.74) is 5.89. The Hall–Kier alpha value is -3.56. The molecule has 0 fully saturated rings. The van der Waals surface area contributed by atoms with Gasteiger partial charge in [0.1, 0.15) is 5.75 Å². The number of halogens is 2. The number of pyridine rings is 1. The van der Waals surface area contributed by atoms with E-state index in [4.69, 9.17) is 14.5 Å². The van der Waals surface area contributed by atoms with Crippen LogP contribution < -0.4 is 10.2 Å². The minimum Gasteiger partial charge on any atom is -0.480 e. The number of carbonyl (C=O) groups excluding carboxylic acids is 2. The van der Waals surface area contributed by atoms with Gasteiger partial charge in [0.05, 0.1) is 34.1 Å². The monoisotopic (exact) mass is 609 g/mol. The Labute approximate surface area is 224 Å². The van der Waals surface area contributed by atoms with Crippen LogP contribution in [0.1, 0.15) is 22.8 Å². The molecule has 36 heavy (non-hydrogen) atoms. The third-order valence-corrected chi connectivity index (χ3v) is 6.12. The van der Waals surface area contributed by atoms with Crippen LogP contribution in [0.4, 0.5) is 0 Å². The van der Waals surface area contributed by atoms with E-state index in [-0.39, 0.29) is 19.1 Å². The molecule has 1 aromatic heterocycles. The van der Waals surface area contributed by atoms with Gasteiger partial charge < -0.3 is 9.47 Å². The molecule has 0 aliphatic heterocycles. The number of hydrazone groups is 1. The number of ether oxygens (including phenoxy) is 2. The molecular weight excluding hydrogens is 590 g/mol. The van der Waals surface area contributed by atoms with Crippen molar-refractivity contribution in [2.75, 3.05) is 13.2 Å². The molecule has 0 saturated heterocycles. The number of benzene rings is 3. The van der Waals surface area contributed by atoms with Crippen LogP contribution in [0.25, 0.3) is 22.2 Å². The van der Waals surface area contributed by atoms with Gasteiger partial charge in [0.25, 0.3) is 5.91 Å². The fourth-order valence-electron chi connectivity index (χ4n) is 3.50. The predicted octanol–water partition coefficient (Wildman–Crippen LogP) is 6.13. The number of para-hydroxylation sites is 1. The minimum atomic E-state index is -0.484. The van der Waals surface area contributed by atoms with Gasteiger partial charge in [0, 0.05) is 21.0 Å². The van der Waals surface area contributed by atoms with Crippen molar-refractivity contribution in [1.29, 1.82) is 0 Å². The van der Waals surface area contributed by atoms with Crippen LogP contribution in [0.3, 0.4) is 0 Å². The van der Waals surface area contributed by atoms with Crippen molar-refractivity contribution in [1.82, 2.24) is 10.4 Å². The van der Waals surface area contributed by atoms with Crippen molar-refractivity contribution in [3.05, 3.63) is 92.9 Å². The summed E-state index contributed by atoms with van der Waals surface area (Å²) < 4.78 is 11.9. The zero-order valence-corrected chi connectivity index (χ0v) is 22.4. The summed E-state index contributed by atoms with van der Waals surface area (Å²) in [5.74, 6) is -0.475. The van der Waals surface area contributed by atoms with Crippen molar-refractivity contribution >= 4 is 60.9 Å². The van der Waals surface area contributed by atoms with E-state index in [2.05, 4.69) is 42.4 Å². The number of fused-ring (bicyclic) bond motifs is 1.